The fourth-order valence-corrected chi connectivity index (χ4v) is 4.50. The van der Waals surface area contributed by atoms with Gasteiger partial charge in [-0.2, -0.15) is 0 Å². The van der Waals surface area contributed by atoms with Crippen LogP contribution >= 0.6 is 0 Å². The molecule has 0 saturated carbocycles. The maximum atomic E-state index is 6.29. The average Bonchev–Trinajstić information content (AvgIpc) is 3.11. The molecule has 1 fully saturated rings. The number of aromatic nitrogens is 2. The summed E-state index contributed by atoms with van der Waals surface area (Å²) in [4.78, 5) is 11.3. The summed E-state index contributed by atoms with van der Waals surface area (Å²) in [5, 5.41) is 0.976. The summed E-state index contributed by atoms with van der Waals surface area (Å²) >= 11 is 0. The van der Waals surface area contributed by atoms with Gasteiger partial charge in [-0.25, -0.2) is 9.97 Å². The largest absolute Gasteiger partial charge is 0.493 e. The molecule has 0 amide bonds. The number of benzene rings is 2. The van der Waals surface area contributed by atoms with Crippen LogP contribution in [0.4, 0.5) is 5.82 Å². The standard InChI is InChI=1S/C22H23N3O3/c1-26-19-11-16-18(12-20(19)27-2)23-14-24-21(16)25-9-7-22(8-10-25)17-6-4-3-5-15(17)13-28-22/h3-6,11-12,14H,7-10,13H2,1-2H3. The minimum Gasteiger partial charge on any atom is -0.493 e. The van der Waals surface area contributed by atoms with Gasteiger partial charge in [0.15, 0.2) is 11.5 Å². The normalized spacial score (nSPS) is 17.7. The molecule has 3 aromatic rings. The number of anilines is 1. The van der Waals surface area contributed by atoms with E-state index < -0.39 is 0 Å². The first-order valence-corrected chi connectivity index (χ1v) is 9.58. The number of piperidine rings is 1. The molecule has 0 N–H and O–H groups in total. The quantitative estimate of drug-likeness (QED) is 0.694. The number of methoxy groups -OCH3 is 2. The Labute approximate surface area is 164 Å². The third-order valence-corrected chi connectivity index (χ3v) is 6.00. The minimum atomic E-state index is -0.156. The van der Waals surface area contributed by atoms with E-state index in [0.717, 1.165) is 42.7 Å². The molecule has 0 bridgehead atoms. The first-order valence-electron chi connectivity index (χ1n) is 9.58. The van der Waals surface area contributed by atoms with Gasteiger partial charge in [0.25, 0.3) is 0 Å². The highest BCUT2D eigenvalue weighted by Crippen LogP contribution is 2.45. The Morgan fingerprint density at radius 3 is 2.54 bits per heavy atom. The van der Waals surface area contributed by atoms with Crippen molar-refractivity contribution in [2.75, 3.05) is 32.2 Å². The highest BCUT2D eigenvalue weighted by Gasteiger charge is 2.42. The third-order valence-electron chi connectivity index (χ3n) is 6.00. The Morgan fingerprint density at radius 2 is 1.75 bits per heavy atom. The predicted octanol–water partition coefficient (Wildman–Crippen LogP) is 3.67. The molecule has 0 unspecified atom stereocenters. The first-order chi connectivity index (χ1) is 13.7. The van der Waals surface area contributed by atoms with E-state index in [1.165, 1.54) is 11.1 Å². The number of rotatable bonds is 3. The Balaban J connectivity index is 1.46. The van der Waals surface area contributed by atoms with Crippen LogP contribution in [0.2, 0.25) is 0 Å². The molecule has 6 heteroatoms. The van der Waals surface area contributed by atoms with Gasteiger partial charge in [0.05, 0.1) is 31.9 Å². The van der Waals surface area contributed by atoms with Gasteiger partial charge in [0.1, 0.15) is 12.1 Å². The summed E-state index contributed by atoms with van der Waals surface area (Å²) in [5.74, 6) is 2.30. The predicted molar refractivity (Wildman–Crippen MR) is 107 cm³/mol. The molecule has 2 aliphatic heterocycles. The zero-order valence-corrected chi connectivity index (χ0v) is 16.1. The number of ether oxygens (including phenoxy) is 3. The van der Waals surface area contributed by atoms with Gasteiger partial charge in [-0.05, 0) is 30.0 Å². The van der Waals surface area contributed by atoms with E-state index in [-0.39, 0.29) is 5.60 Å². The second-order valence-electron chi connectivity index (χ2n) is 7.35. The fraction of sp³-hybridized carbons (Fsp3) is 0.364. The minimum absolute atomic E-state index is 0.156. The van der Waals surface area contributed by atoms with Crippen LogP contribution < -0.4 is 14.4 Å². The van der Waals surface area contributed by atoms with Crippen molar-refractivity contribution in [3.05, 3.63) is 53.9 Å². The summed E-state index contributed by atoms with van der Waals surface area (Å²) in [6, 6.07) is 12.5. The molecule has 0 radical (unpaired) electrons. The van der Waals surface area contributed by atoms with Crippen LogP contribution in [0.3, 0.4) is 0 Å². The van der Waals surface area contributed by atoms with Crippen molar-refractivity contribution in [1.82, 2.24) is 9.97 Å². The van der Waals surface area contributed by atoms with E-state index in [1.54, 1.807) is 20.5 Å². The van der Waals surface area contributed by atoms with E-state index in [9.17, 15) is 0 Å². The lowest BCUT2D eigenvalue weighted by molar-refractivity contribution is -0.0551. The van der Waals surface area contributed by atoms with Crippen molar-refractivity contribution in [3.8, 4) is 11.5 Å². The Morgan fingerprint density at radius 1 is 1.00 bits per heavy atom. The SMILES string of the molecule is COc1cc2ncnc(N3CCC4(CC3)OCc3ccccc34)c2cc1OC. The number of nitrogens with zero attached hydrogens (tertiary/aromatic N) is 3. The van der Waals surface area contributed by atoms with E-state index in [0.29, 0.717) is 18.1 Å². The molecule has 2 aliphatic rings. The molecule has 1 aromatic heterocycles. The summed E-state index contributed by atoms with van der Waals surface area (Å²) in [6.07, 6.45) is 3.51. The zero-order chi connectivity index (χ0) is 19.1. The fourth-order valence-electron chi connectivity index (χ4n) is 4.50. The monoisotopic (exact) mass is 377 g/mol. The van der Waals surface area contributed by atoms with Gasteiger partial charge in [-0.1, -0.05) is 24.3 Å². The van der Waals surface area contributed by atoms with Crippen LogP contribution in [0.25, 0.3) is 10.9 Å². The van der Waals surface area contributed by atoms with Crippen molar-refractivity contribution >= 4 is 16.7 Å². The Kier molecular flexibility index (Phi) is 4.09. The van der Waals surface area contributed by atoms with Gasteiger partial charge in [-0.3, -0.25) is 0 Å². The highest BCUT2D eigenvalue weighted by molar-refractivity contribution is 5.92. The van der Waals surface area contributed by atoms with Crippen molar-refractivity contribution in [2.24, 2.45) is 0 Å². The van der Waals surface area contributed by atoms with Crippen molar-refractivity contribution < 1.29 is 14.2 Å². The molecule has 6 nitrogen and oxygen atoms in total. The second kappa shape index (κ2) is 6.63. The summed E-state index contributed by atoms with van der Waals surface area (Å²) in [7, 11) is 3.28. The highest BCUT2D eigenvalue weighted by atomic mass is 16.5. The van der Waals surface area contributed by atoms with E-state index >= 15 is 0 Å². The summed E-state index contributed by atoms with van der Waals surface area (Å²) in [6.45, 7) is 2.48. The van der Waals surface area contributed by atoms with Crippen LogP contribution in [0.1, 0.15) is 24.0 Å². The molecule has 2 aromatic carbocycles. The average molecular weight is 377 g/mol. The van der Waals surface area contributed by atoms with Crippen molar-refractivity contribution in [1.29, 1.82) is 0 Å². The first kappa shape index (κ1) is 17.3. The molecular formula is C22H23N3O3. The zero-order valence-electron chi connectivity index (χ0n) is 16.1. The molecule has 0 aliphatic carbocycles. The second-order valence-corrected chi connectivity index (χ2v) is 7.35. The van der Waals surface area contributed by atoms with Gasteiger partial charge in [0, 0.05) is 24.5 Å². The van der Waals surface area contributed by atoms with Crippen molar-refractivity contribution in [3.63, 3.8) is 0 Å². The Hall–Kier alpha value is -2.86. The maximum Gasteiger partial charge on any atom is 0.162 e. The number of fused-ring (bicyclic) bond motifs is 3. The third kappa shape index (κ3) is 2.59. The van der Waals surface area contributed by atoms with Crippen LogP contribution in [-0.4, -0.2) is 37.3 Å². The molecular weight excluding hydrogens is 354 g/mol. The number of hydrogen-bond donors (Lipinski definition) is 0. The lowest BCUT2D eigenvalue weighted by Crippen LogP contribution is -2.43. The van der Waals surface area contributed by atoms with E-state index in [1.807, 2.05) is 12.1 Å². The van der Waals surface area contributed by atoms with E-state index in [2.05, 4.69) is 39.1 Å². The lowest BCUT2D eigenvalue weighted by atomic mass is 9.84. The smallest absolute Gasteiger partial charge is 0.162 e. The topological polar surface area (TPSA) is 56.7 Å². The van der Waals surface area contributed by atoms with Crippen LogP contribution in [0, 0.1) is 0 Å². The van der Waals surface area contributed by atoms with Crippen molar-refractivity contribution in [2.45, 2.75) is 25.0 Å². The molecule has 0 atom stereocenters. The van der Waals surface area contributed by atoms with Crippen LogP contribution in [-0.2, 0) is 16.9 Å². The van der Waals surface area contributed by atoms with Gasteiger partial charge >= 0.3 is 0 Å². The molecule has 28 heavy (non-hydrogen) atoms. The van der Waals surface area contributed by atoms with Crippen LogP contribution in [0.5, 0.6) is 11.5 Å². The molecule has 1 saturated heterocycles. The maximum absolute atomic E-state index is 6.29. The molecule has 3 heterocycles. The van der Waals surface area contributed by atoms with Crippen LogP contribution in [0.15, 0.2) is 42.7 Å². The Bertz CT molecular complexity index is 1030. The molecule has 1 spiro atoms. The number of hydrogen-bond acceptors (Lipinski definition) is 6. The van der Waals surface area contributed by atoms with E-state index in [4.69, 9.17) is 14.2 Å². The van der Waals surface area contributed by atoms with Gasteiger partial charge in [0.2, 0.25) is 0 Å². The molecule has 144 valence electrons. The molecule has 5 rings (SSSR count). The lowest BCUT2D eigenvalue weighted by Gasteiger charge is -2.40. The van der Waals surface area contributed by atoms with Gasteiger partial charge in [-0.15, -0.1) is 0 Å². The van der Waals surface area contributed by atoms with Gasteiger partial charge < -0.3 is 19.1 Å². The summed E-state index contributed by atoms with van der Waals surface area (Å²) < 4.78 is 17.2. The summed E-state index contributed by atoms with van der Waals surface area (Å²) in [5.41, 5.74) is 3.37.